The van der Waals surface area contributed by atoms with Gasteiger partial charge in [0.05, 0.1) is 5.76 Å². The van der Waals surface area contributed by atoms with Gasteiger partial charge in [0, 0.05) is 23.4 Å². The molecule has 0 aromatic heterocycles. The van der Waals surface area contributed by atoms with Gasteiger partial charge in [0.15, 0.2) is 5.78 Å². The van der Waals surface area contributed by atoms with Crippen molar-refractivity contribution in [2.45, 2.75) is 32.6 Å². The van der Waals surface area contributed by atoms with Crippen LogP contribution < -0.4 is 0 Å². The van der Waals surface area contributed by atoms with Gasteiger partial charge in [0.1, 0.15) is 0 Å². The van der Waals surface area contributed by atoms with E-state index in [4.69, 9.17) is 0 Å². The van der Waals surface area contributed by atoms with Crippen LogP contribution in [-0.2, 0) is 4.79 Å². The van der Waals surface area contributed by atoms with E-state index in [9.17, 15) is 9.90 Å². The number of benzene rings is 1. The molecule has 0 saturated heterocycles. The van der Waals surface area contributed by atoms with Crippen LogP contribution in [0.2, 0.25) is 0 Å². The predicted octanol–water partition coefficient (Wildman–Crippen LogP) is 3.95. The summed E-state index contributed by atoms with van der Waals surface area (Å²) in [6.45, 7) is 4.10. The van der Waals surface area contributed by atoms with Crippen LogP contribution in [0.4, 0.5) is 0 Å². The lowest BCUT2D eigenvalue weighted by molar-refractivity contribution is -0.115. The highest BCUT2D eigenvalue weighted by Crippen LogP contribution is 2.37. The number of aliphatic hydroxyl groups is 1. The van der Waals surface area contributed by atoms with E-state index in [0.717, 1.165) is 10.0 Å². The second kappa shape index (κ2) is 4.65. The Morgan fingerprint density at radius 3 is 2.59 bits per heavy atom. The minimum Gasteiger partial charge on any atom is -0.512 e. The normalized spacial score (nSPS) is 20.3. The van der Waals surface area contributed by atoms with Crippen molar-refractivity contribution >= 4 is 21.7 Å². The molecule has 0 aliphatic heterocycles. The maximum absolute atomic E-state index is 11.5. The predicted molar refractivity (Wildman–Crippen MR) is 71.3 cm³/mol. The molecule has 0 spiro atoms. The van der Waals surface area contributed by atoms with E-state index in [1.165, 1.54) is 17.2 Å². The number of aliphatic hydroxyl groups excluding tert-OH is 1. The number of carbonyl (C=O) groups is 1. The summed E-state index contributed by atoms with van der Waals surface area (Å²) in [5.74, 6) is 0.284. The summed E-state index contributed by atoms with van der Waals surface area (Å²) < 4.78 is 1.03. The molecule has 1 unspecified atom stereocenters. The number of carbonyl (C=O) groups excluding carboxylic acids is 1. The molecule has 0 bridgehead atoms. The zero-order valence-electron chi connectivity index (χ0n) is 9.96. The lowest BCUT2D eigenvalue weighted by atomic mass is 9.84. The summed E-state index contributed by atoms with van der Waals surface area (Å²) in [5.41, 5.74) is 3.51. The van der Waals surface area contributed by atoms with Crippen molar-refractivity contribution in [3.05, 3.63) is 45.1 Å². The lowest BCUT2D eigenvalue weighted by Crippen LogP contribution is -2.14. The number of ketones is 1. The van der Waals surface area contributed by atoms with Gasteiger partial charge in [-0.25, -0.2) is 0 Å². The first-order valence-corrected chi connectivity index (χ1v) is 6.45. The molecule has 1 aliphatic carbocycles. The topological polar surface area (TPSA) is 37.3 Å². The number of halogens is 1. The molecule has 1 aliphatic rings. The number of allylic oxidation sites excluding steroid dienone is 2. The SMILES string of the molecule is Cc1cc(C)c(C2CC(=O)C=C(O)C2)c(Br)c1. The first-order valence-electron chi connectivity index (χ1n) is 5.66. The van der Waals surface area contributed by atoms with Gasteiger partial charge in [-0.1, -0.05) is 22.0 Å². The molecule has 3 heteroatoms. The summed E-state index contributed by atoms with van der Waals surface area (Å²) in [7, 11) is 0. The van der Waals surface area contributed by atoms with E-state index in [0.29, 0.717) is 12.8 Å². The van der Waals surface area contributed by atoms with Gasteiger partial charge in [0.2, 0.25) is 0 Å². The van der Waals surface area contributed by atoms with Crippen LogP contribution in [0.15, 0.2) is 28.4 Å². The Hall–Kier alpha value is -1.09. The third-order valence-electron chi connectivity index (χ3n) is 3.12. The van der Waals surface area contributed by atoms with Gasteiger partial charge >= 0.3 is 0 Å². The average Bonchev–Trinajstić information content (AvgIpc) is 2.13. The maximum Gasteiger partial charge on any atom is 0.159 e. The highest BCUT2D eigenvalue weighted by molar-refractivity contribution is 9.10. The van der Waals surface area contributed by atoms with Crippen molar-refractivity contribution < 1.29 is 9.90 Å². The quantitative estimate of drug-likeness (QED) is 0.851. The molecular formula is C14H15BrO2. The summed E-state index contributed by atoms with van der Waals surface area (Å²) in [5, 5.41) is 9.57. The molecule has 17 heavy (non-hydrogen) atoms. The van der Waals surface area contributed by atoms with Crippen LogP contribution in [0.5, 0.6) is 0 Å². The van der Waals surface area contributed by atoms with Crippen molar-refractivity contribution in [3.8, 4) is 0 Å². The Morgan fingerprint density at radius 2 is 2.00 bits per heavy atom. The van der Waals surface area contributed by atoms with Crippen LogP contribution >= 0.6 is 15.9 Å². The molecule has 2 rings (SSSR count). The zero-order valence-corrected chi connectivity index (χ0v) is 11.5. The van der Waals surface area contributed by atoms with Crippen LogP contribution in [0.1, 0.15) is 35.4 Å². The third kappa shape index (κ3) is 2.60. The number of hydrogen-bond acceptors (Lipinski definition) is 2. The summed E-state index contributed by atoms with van der Waals surface area (Å²) in [6.07, 6.45) is 2.37. The maximum atomic E-state index is 11.5. The van der Waals surface area contributed by atoms with Gasteiger partial charge in [-0.2, -0.15) is 0 Å². The Labute approximate surface area is 109 Å². The molecule has 90 valence electrons. The molecule has 1 aromatic rings. The number of hydrogen-bond donors (Lipinski definition) is 1. The van der Waals surface area contributed by atoms with E-state index in [1.807, 2.05) is 13.8 Å². The average molecular weight is 295 g/mol. The van der Waals surface area contributed by atoms with E-state index in [-0.39, 0.29) is 17.5 Å². The fourth-order valence-corrected chi connectivity index (χ4v) is 3.52. The van der Waals surface area contributed by atoms with E-state index in [1.54, 1.807) is 0 Å². The van der Waals surface area contributed by atoms with E-state index in [2.05, 4.69) is 28.1 Å². The van der Waals surface area contributed by atoms with Crippen molar-refractivity contribution in [1.82, 2.24) is 0 Å². The molecule has 0 saturated carbocycles. The fourth-order valence-electron chi connectivity index (χ4n) is 2.52. The van der Waals surface area contributed by atoms with E-state index >= 15 is 0 Å². The van der Waals surface area contributed by atoms with Gasteiger partial charge in [0.25, 0.3) is 0 Å². The highest BCUT2D eigenvalue weighted by Gasteiger charge is 2.25. The van der Waals surface area contributed by atoms with Gasteiger partial charge < -0.3 is 5.11 Å². The molecule has 0 amide bonds. The van der Waals surface area contributed by atoms with Crippen molar-refractivity contribution in [1.29, 1.82) is 0 Å². The zero-order chi connectivity index (χ0) is 12.6. The molecule has 0 radical (unpaired) electrons. The summed E-state index contributed by atoms with van der Waals surface area (Å²) in [6, 6.07) is 4.17. The Kier molecular flexibility index (Phi) is 3.38. The third-order valence-corrected chi connectivity index (χ3v) is 3.78. The molecule has 0 fully saturated rings. The minimum atomic E-state index is 0.00521. The van der Waals surface area contributed by atoms with Crippen LogP contribution in [0.25, 0.3) is 0 Å². The molecular weight excluding hydrogens is 280 g/mol. The first-order chi connectivity index (χ1) is 7.97. The largest absolute Gasteiger partial charge is 0.512 e. The molecule has 1 aromatic carbocycles. The Balaban J connectivity index is 2.42. The van der Waals surface area contributed by atoms with Crippen molar-refractivity contribution in [3.63, 3.8) is 0 Å². The minimum absolute atomic E-state index is 0.00521. The van der Waals surface area contributed by atoms with E-state index < -0.39 is 0 Å². The lowest BCUT2D eigenvalue weighted by Gasteiger charge is -2.23. The number of aryl methyl sites for hydroxylation is 2. The first kappa shape index (κ1) is 12.4. The van der Waals surface area contributed by atoms with Crippen LogP contribution in [0, 0.1) is 13.8 Å². The Morgan fingerprint density at radius 1 is 1.29 bits per heavy atom. The highest BCUT2D eigenvalue weighted by atomic mass is 79.9. The second-order valence-electron chi connectivity index (χ2n) is 4.68. The van der Waals surface area contributed by atoms with Crippen molar-refractivity contribution in [2.24, 2.45) is 0 Å². The monoisotopic (exact) mass is 294 g/mol. The van der Waals surface area contributed by atoms with Gasteiger partial charge in [-0.05, 0) is 42.5 Å². The molecule has 2 nitrogen and oxygen atoms in total. The van der Waals surface area contributed by atoms with Gasteiger partial charge in [-0.15, -0.1) is 0 Å². The smallest absolute Gasteiger partial charge is 0.159 e. The van der Waals surface area contributed by atoms with Gasteiger partial charge in [-0.3, -0.25) is 4.79 Å². The molecule has 0 heterocycles. The number of rotatable bonds is 1. The summed E-state index contributed by atoms with van der Waals surface area (Å²) >= 11 is 3.56. The standard InChI is InChI=1S/C14H15BrO2/c1-8-3-9(2)14(13(15)4-8)10-5-11(16)7-12(17)6-10/h3-4,7,10,16H,5-6H2,1-2H3. The Bertz CT molecular complexity index is 480. The molecule has 1 N–H and O–H groups in total. The van der Waals surface area contributed by atoms with Crippen molar-refractivity contribution in [2.75, 3.05) is 0 Å². The second-order valence-corrected chi connectivity index (χ2v) is 5.54. The fraction of sp³-hybridized carbons (Fsp3) is 0.357. The summed E-state index contributed by atoms with van der Waals surface area (Å²) in [4.78, 5) is 11.5. The van der Waals surface area contributed by atoms with Crippen LogP contribution in [-0.4, -0.2) is 10.9 Å². The van der Waals surface area contributed by atoms with Crippen LogP contribution in [0.3, 0.4) is 0 Å². The molecule has 1 atom stereocenters.